The number of aromatic nitrogens is 4. The minimum atomic E-state index is -4.80. The van der Waals surface area contributed by atoms with E-state index >= 15 is 0 Å². The molecule has 0 bridgehead atoms. The van der Waals surface area contributed by atoms with Crippen molar-refractivity contribution in [1.82, 2.24) is 25.1 Å². The lowest BCUT2D eigenvalue weighted by molar-refractivity contribution is -0.181. The number of carbonyl (C=O) groups excluding carboxylic acids is 2. The summed E-state index contributed by atoms with van der Waals surface area (Å²) in [7, 11) is 1.09. The normalized spacial score (nSPS) is 17.7. The van der Waals surface area contributed by atoms with E-state index in [9.17, 15) is 31.5 Å². The van der Waals surface area contributed by atoms with Gasteiger partial charge in [-0.15, -0.1) is 0 Å². The first-order valence-electron chi connectivity index (χ1n) is 9.69. The summed E-state index contributed by atoms with van der Waals surface area (Å²) in [5.41, 5.74) is -2.98. The molecule has 16 heteroatoms. The molecule has 1 atom stereocenters. The molecular weight excluding hydrogens is 505 g/mol. The van der Waals surface area contributed by atoms with E-state index in [1.165, 1.54) is 6.07 Å². The summed E-state index contributed by atoms with van der Waals surface area (Å²) in [5.74, 6) is -1.05. The summed E-state index contributed by atoms with van der Waals surface area (Å²) in [6.45, 7) is 0.0488. The van der Waals surface area contributed by atoms with Crippen molar-refractivity contribution >= 4 is 40.6 Å². The van der Waals surface area contributed by atoms with E-state index in [0.717, 1.165) is 41.9 Å². The summed E-state index contributed by atoms with van der Waals surface area (Å²) in [5, 5.41) is 6.01. The van der Waals surface area contributed by atoms with Crippen LogP contribution in [0, 0.1) is 0 Å². The van der Waals surface area contributed by atoms with Gasteiger partial charge in [0.2, 0.25) is 0 Å². The number of alkyl halides is 5. The number of urea groups is 1. The van der Waals surface area contributed by atoms with E-state index in [1.807, 2.05) is 5.48 Å². The van der Waals surface area contributed by atoms with Crippen LogP contribution >= 0.6 is 11.6 Å². The van der Waals surface area contributed by atoms with E-state index in [4.69, 9.17) is 11.6 Å². The number of fused-ring (bicyclic) bond motifs is 3. The Balaban J connectivity index is 1.72. The van der Waals surface area contributed by atoms with Gasteiger partial charge in [0.25, 0.3) is 12.3 Å². The molecule has 0 saturated carbocycles. The SMILES string of the molecule is CONC(=O)c1ncc(NC(=O)N2C[C@@](C)(C(F)(F)F)c3c2cnc2cc(Cl)nn32)cc1C(F)F. The number of anilines is 2. The number of hydrogen-bond acceptors (Lipinski definition) is 6. The Morgan fingerprint density at radius 1 is 1.23 bits per heavy atom. The van der Waals surface area contributed by atoms with Crippen LogP contribution in [-0.2, 0) is 10.3 Å². The first-order chi connectivity index (χ1) is 16.4. The summed E-state index contributed by atoms with van der Waals surface area (Å²) in [4.78, 5) is 37.6. The fourth-order valence-corrected chi connectivity index (χ4v) is 3.90. The molecule has 0 fully saturated rings. The lowest BCUT2D eigenvalue weighted by atomic mass is 9.88. The molecule has 0 spiro atoms. The highest BCUT2D eigenvalue weighted by molar-refractivity contribution is 6.29. The molecule has 10 nitrogen and oxygen atoms in total. The number of pyridine rings is 1. The van der Waals surface area contributed by atoms with Gasteiger partial charge in [0.05, 0.1) is 42.1 Å². The molecule has 1 aliphatic heterocycles. The van der Waals surface area contributed by atoms with Gasteiger partial charge >= 0.3 is 12.2 Å². The standard InChI is InChI=1S/C19H15ClF5N7O3/c1-18(19(23,24)25)7-31(10-6-26-12-4-11(20)29-32(12)14(10)18)17(34)28-8-3-9(15(21)22)13(27-5-8)16(33)30-35-2/h3-6,15H,7H2,1-2H3,(H,28,34)(H,30,33)/t18-/m1/s1. The van der Waals surface area contributed by atoms with Crippen LogP contribution in [0.3, 0.4) is 0 Å². The molecule has 0 radical (unpaired) electrons. The highest BCUT2D eigenvalue weighted by Gasteiger charge is 2.60. The van der Waals surface area contributed by atoms with E-state index in [-0.39, 0.29) is 27.9 Å². The number of carbonyl (C=O) groups is 2. The Morgan fingerprint density at radius 2 is 1.94 bits per heavy atom. The average Bonchev–Trinajstić information content (AvgIpc) is 3.30. The van der Waals surface area contributed by atoms with E-state index in [2.05, 4.69) is 25.2 Å². The number of hydroxylamine groups is 1. The Hall–Kier alpha value is -3.59. The summed E-state index contributed by atoms with van der Waals surface area (Å²) >= 11 is 5.84. The van der Waals surface area contributed by atoms with Crippen LogP contribution in [0.2, 0.25) is 5.15 Å². The zero-order valence-electron chi connectivity index (χ0n) is 17.8. The predicted octanol–water partition coefficient (Wildman–Crippen LogP) is 3.88. The molecule has 4 heterocycles. The Labute approximate surface area is 198 Å². The second kappa shape index (κ2) is 8.57. The first kappa shape index (κ1) is 24.5. The topological polar surface area (TPSA) is 114 Å². The summed E-state index contributed by atoms with van der Waals surface area (Å²) in [6.07, 6.45) is -5.98. The third-order valence-corrected chi connectivity index (χ3v) is 5.59. The molecule has 0 aliphatic carbocycles. The van der Waals surface area contributed by atoms with Crippen molar-refractivity contribution < 1.29 is 36.4 Å². The van der Waals surface area contributed by atoms with Crippen LogP contribution in [0.15, 0.2) is 24.5 Å². The summed E-state index contributed by atoms with van der Waals surface area (Å²) in [6, 6.07) is 0.976. The maximum absolute atomic E-state index is 14.2. The van der Waals surface area contributed by atoms with Crippen LogP contribution in [0.1, 0.15) is 35.1 Å². The first-order valence-corrected chi connectivity index (χ1v) is 10.1. The minimum Gasteiger partial charge on any atom is -0.306 e. The molecule has 1 aliphatic rings. The third kappa shape index (κ3) is 4.10. The maximum atomic E-state index is 14.2. The van der Waals surface area contributed by atoms with Crippen LogP contribution in [0.5, 0.6) is 0 Å². The molecule has 0 saturated heterocycles. The van der Waals surface area contributed by atoms with Gasteiger partial charge in [-0.05, 0) is 13.0 Å². The summed E-state index contributed by atoms with van der Waals surface area (Å²) < 4.78 is 70.4. The molecule has 35 heavy (non-hydrogen) atoms. The van der Waals surface area contributed by atoms with Crippen molar-refractivity contribution in [3.63, 3.8) is 0 Å². The monoisotopic (exact) mass is 519 g/mol. The number of hydrogen-bond donors (Lipinski definition) is 2. The Bertz CT molecular complexity index is 1330. The highest BCUT2D eigenvalue weighted by Crippen LogP contribution is 2.50. The molecule has 3 amide bonds. The van der Waals surface area contributed by atoms with Gasteiger partial charge in [-0.3, -0.25) is 14.5 Å². The maximum Gasteiger partial charge on any atom is 0.401 e. The Morgan fingerprint density at radius 3 is 2.57 bits per heavy atom. The number of nitrogens with one attached hydrogen (secondary N) is 2. The van der Waals surface area contributed by atoms with Gasteiger partial charge in [-0.25, -0.2) is 33.5 Å². The smallest absolute Gasteiger partial charge is 0.306 e. The van der Waals surface area contributed by atoms with Crippen LogP contribution in [0.25, 0.3) is 5.65 Å². The van der Waals surface area contributed by atoms with Crippen molar-refractivity contribution in [1.29, 1.82) is 0 Å². The zero-order chi connectivity index (χ0) is 25.7. The number of amides is 3. The zero-order valence-corrected chi connectivity index (χ0v) is 18.6. The van der Waals surface area contributed by atoms with Gasteiger partial charge in [-0.1, -0.05) is 11.6 Å². The molecule has 186 valence electrons. The van der Waals surface area contributed by atoms with Crippen LogP contribution in [-0.4, -0.2) is 51.4 Å². The van der Waals surface area contributed by atoms with Gasteiger partial charge in [-0.2, -0.15) is 18.3 Å². The van der Waals surface area contributed by atoms with E-state index < -0.39 is 47.8 Å². The molecule has 0 unspecified atom stereocenters. The molecule has 0 aromatic carbocycles. The fourth-order valence-electron chi connectivity index (χ4n) is 3.73. The average molecular weight is 520 g/mol. The fraction of sp³-hybridized carbons (Fsp3) is 0.316. The van der Waals surface area contributed by atoms with Gasteiger partial charge in [0, 0.05) is 12.6 Å². The van der Waals surface area contributed by atoms with Crippen LogP contribution in [0.4, 0.5) is 38.1 Å². The van der Waals surface area contributed by atoms with Crippen molar-refractivity contribution in [2.45, 2.75) is 24.9 Å². The molecular formula is C19H15ClF5N7O3. The van der Waals surface area contributed by atoms with Crippen molar-refractivity contribution in [2.24, 2.45) is 0 Å². The second-order valence-electron chi connectivity index (χ2n) is 7.67. The Kier molecular flexibility index (Phi) is 6.00. The van der Waals surface area contributed by atoms with Crippen molar-refractivity contribution in [2.75, 3.05) is 23.9 Å². The van der Waals surface area contributed by atoms with Gasteiger partial charge in [0.15, 0.2) is 10.8 Å². The van der Waals surface area contributed by atoms with Crippen molar-refractivity contribution in [3.8, 4) is 0 Å². The lowest BCUT2D eigenvalue weighted by Crippen LogP contribution is -2.46. The van der Waals surface area contributed by atoms with Crippen LogP contribution < -0.4 is 15.7 Å². The van der Waals surface area contributed by atoms with E-state index in [0.29, 0.717) is 0 Å². The van der Waals surface area contributed by atoms with Crippen molar-refractivity contribution in [3.05, 3.63) is 46.6 Å². The predicted molar refractivity (Wildman–Crippen MR) is 111 cm³/mol. The second-order valence-corrected chi connectivity index (χ2v) is 8.06. The lowest BCUT2D eigenvalue weighted by Gasteiger charge is -2.28. The minimum absolute atomic E-state index is 0.0437. The highest BCUT2D eigenvalue weighted by atomic mass is 35.5. The molecule has 2 N–H and O–H groups in total. The number of rotatable bonds is 4. The third-order valence-electron chi connectivity index (χ3n) is 5.41. The van der Waals surface area contributed by atoms with Gasteiger partial charge in [0.1, 0.15) is 11.1 Å². The molecule has 4 rings (SSSR count). The molecule has 3 aromatic rings. The number of nitrogens with zero attached hydrogens (tertiary/aromatic N) is 5. The largest absolute Gasteiger partial charge is 0.401 e. The molecule has 3 aromatic heterocycles. The number of halogens is 6. The van der Waals surface area contributed by atoms with E-state index in [1.54, 1.807) is 0 Å². The van der Waals surface area contributed by atoms with Gasteiger partial charge < -0.3 is 5.32 Å². The quantitative estimate of drug-likeness (QED) is 0.399.